The smallest absolute Gasteiger partial charge is 0.142 e. The van der Waals surface area contributed by atoms with Crippen LogP contribution in [0.1, 0.15) is 31.0 Å². The van der Waals surface area contributed by atoms with Gasteiger partial charge in [0.2, 0.25) is 0 Å². The van der Waals surface area contributed by atoms with Crippen LogP contribution in [0.5, 0.6) is 5.75 Å². The Morgan fingerprint density at radius 3 is 3.06 bits per heavy atom. The van der Waals surface area contributed by atoms with E-state index in [1.165, 1.54) is 6.42 Å². The van der Waals surface area contributed by atoms with E-state index in [2.05, 4.69) is 10.3 Å². The summed E-state index contributed by atoms with van der Waals surface area (Å²) in [6.45, 7) is 0.845. The largest absolute Gasteiger partial charge is 0.495 e. The fourth-order valence-corrected chi connectivity index (χ4v) is 2.34. The van der Waals surface area contributed by atoms with E-state index in [9.17, 15) is 0 Å². The molecule has 0 radical (unpaired) electrons. The Kier molecular flexibility index (Phi) is 4.34. The molecule has 0 aromatic carbocycles. The van der Waals surface area contributed by atoms with Gasteiger partial charge < -0.3 is 14.8 Å². The molecule has 0 bridgehead atoms. The molecular weight excluding hydrogens is 216 g/mol. The highest BCUT2D eigenvalue weighted by molar-refractivity contribution is 5.30. The summed E-state index contributed by atoms with van der Waals surface area (Å²) < 4.78 is 11.2. The van der Waals surface area contributed by atoms with Crippen LogP contribution >= 0.6 is 0 Å². The molecule has 2 unspecified atom stereocenters. The number of hydrogen-bond donors (Lipinski definition) is 1. The molecular formula is C13H20N2O2. The van der Waals surface area contributed by atoms with Crippen LogP contribution in [0.25, 0.3) is 0 Å². The second-order valence-corrected chi connectivity index (χ2v) is 4.26. The Morgan fingerprint density at radius 1 is 1.53 bits per heavy atom. The van der Waals surface area contributed by atoms with E-state index in [4.69, 9.17) is 9.47 Å². The van der Waals surface area contributed by atoms with Gasteiger partial charge in [-0.25, -0.2) is 0 Å². The minimum absolute atomic E-state index is 0.103. The van der Waals surface area contributed by atoms with Crippen molar-refractivity contribution in [3.05, 3.63) is 24.0 Å². The maximum Gasteiger partial charge on any atom is 0.142 e. The summed E-state index contributed by atoms with van der Waals surface area (Å²) >= 11 is 0. The van der Waals surface area contributed by atoms with Crippen LogP contribution in [0.3, 0.4) is 0 Å². The fourth-order valence-electron chi connectivity index (χ4n) is 2.34. The molecule has 2 atom stereocenters. The number of ether oxygens (including phenoxy) is 2. The van der Waals surface area contributed by atoms with Crippen molar-refractivity contribution in [3.63, 3.8) is 0 Å². The van der Waals surface area contributed by atoms with Crippen molar-refractivity contribution >= 4 is 0 Å². The van der Waals surface area contributed by atoms with Gasteiger partial charge in [-0.1, -0.05) is 0 Å². The highest BCUT2D eigenvalue weighted by Crippen LogP contribution is 2.30. The molecule has 1 aliphatic heterocycles. The van der Waals surface area contributed by atoms with Crippen molar-refractivity contribution in [2.24, 2.45) is 0 Å². The van der Waals surface area contributed by atoms with Gasteiger partial charge in [0.05, 0.1) is 19.3 Å². The summed E-state index contributed by atoms with van der Waals surface area (Å²) in [5.41, 5.74) is 0.935. The SMILES string of the molecule is CNC(c1ncccc1OC)C1CCCCO1. The summed E-state index contributed by atoms with van der Waals surface area (Å²) in [5.74, 6) is 0.820. The molecule has 94 valence electrons. The molecule has 4 heteroatoms. The zero-order valence-corrected chi connectivity index (χ0v) is 10.5. The second kappa shape index (κ2) is 5.98. The minimum atomic E-state index is 0.103. The zero-order valence-electron chi connectivity index (χ0n) is 10.5. The van der Waals surface area contributed by atoms with Crippen LogP contribution in [0, 0.1) is 0 Å². The molecule has 2 rings (SSSR count). The Morgan fingerprint density at radius 2 is 2.41 bits per heavy atom. The number of aromatic nitrogens is 1. The lowest BCUT2D eigenvalue weighted by atomic mass is 9.99. The van der Waals surface area contributed by atoms with Gasteiger partial charge in [-0.05, 0) is 38.4 Å². The first-order chi connectivity index (χ1) is 8.36. The van der Waals surface area contributed by atoms with Gasteiger partial charge in [-0.2, -0.15) is 0 Å². The second-order valence-electron chi connectivity index (χ2n) is 4.26. The number of methoxy groups -OCH3 is 1. The van der Waals surface area contributed by atoms with Gasteiger partial charge in [-0.15, -0.1) is 0 Å². The summed E-state index contributed by atoms with van der Waals surface area (Å²) in [6, 6.07) is 3.93. The summed E-state index contributed by atoms with van der Waals surface area (Å²) in [4.78, 5) is 4.43. The van der Waals surface area contributed by atoms with Crippen LogP contribution in [0.2, 0.25) is 0 Å². The quantitative estimate of drug-likeness (QED) is 0.867. The maximum atomic E-state index is 5.83. The van der Waals surface area contributed by atoms with Gasteiger partial charge in [0.1, 0.15) is 11.4 Å². The van der Waals surface area contributed by atoms with E-state index >= 15 is 0 Å². The lowest BCUT2D eigenvalue weighted by Crippen LogP contribution is -2.35. The van der Waals surface area contributed by atoms with E-state index in [-0.39, 0.29) is 12.1 Å². The van der Waals surface area contributed by atoms with Gasteiger partial charge in [0, 0.05) is 12.8 Å². The maximum absolute atomic E-state index is 5.83. The number of nitrogens with zero attached hydrogens (tertiary/aromatic N) is 1. The topological polar surface area (TPSA) is 43.4 Å². The van der Waals surface area contributed by atoms with Crippen molar-refractivity contribution in [3.8, 4) is 5.75 Å². The molecule has 2 heterocycles. The molecule has 4 nitrogen and oxygen atoms in total. The third-order valence-corrected chi connectivity index (χ3v) is 3.21. The molecule has 1 aromatic heterocycles. The molecule has 0 amide bonds. The van der Waals surface area contributed by atoms with Crippen molar-refractivity contribution in [2.75, 3.05) is 20.8 Å². The molecule has 1 aromatic rings. The average molecular weight is 236 g/mol. The van der Waals surface area contributed by atoms with Crippen LogP contribution in [-0.4, -0.2) is 31.9 Å². The number of rotatable bonds is 4. The summed E-state index contributed by atoms with van der Waals surface area (Å²) in [5, 5.41) is 3.30. The first kappa shape index (κ1) is 12.3. The van der Waals surface area contributed by atoms with Crippen LogP contribution in [0.15, 0.2) is 18.3 Å². The Labute approximate surface area is 102 Å². The van der Waals surface area contributed by atoms with E-state index in [0.717, 1.165) is 30.9 Å². The van der Waals surface area contributed by atoms with Crippen molar-refractivity contribution in [1.29, 1.82) is 0 Å². The molecule has 0 spiro atoms. The van der Waals surface area contributed by atoms with E-state index in [0.29, 0.717) is 0 Å². The van der Waals surface area contributed by atoms with Crippen molar-refractivity contribution in [1.82, 2.24) is 10.3 Å². The third-order valence-electron chi connectivity index (χ3n) is 3.21. The van der Waals surface area contributed by atoms with Gasteiger partial charge in [0.15, 0.2) is 0 Å². The van der Waals surface area contributed by atoms with Crippen LogP contribution < -0.4 is 10.1 Å². The lowest BCUT2D eigenvalue weighted by Gasteiger charge is -2.30. The minimum Gasteiger partial charge on any atom is -0.495 e. The average Bonchev–Trinajstić information content (AvgIpc) is 2.41. The Hall–Kier alpha value is -1.13. The van der Waals surface area contributed by atoms with Gasteiger partial charge in [0.25, 0.3) is 0 Å². The lowest BCUT2D eigenvalue weighted by molar-refractivity contribution is -0.00795. The number of hydrogen-bond acceptors (Lipinski definition) is 4. The van der Waals surface area contributed by atoms with E-state index in [1.807, 2.05) is 19.2 Å². The standard InChI is InChI=1S/C13H20N2O2/c1-14-12(11-6-3-4-9-17-11)13-10(16-2)7-5-8-15-13/h5,7-8,11-12,14H,3-4,6,9H2,1-2H3. The summed E-state index contributed by atoms with van der Waals surface area (Å²) in [7, 11) is 3.62. The first-order valence-corrected chi connectivity index (χ1v) is 6.14. The van der Waals surface area contributed by atoms with Crippen molar-refractivity contribution in [2.45, 2.75) is 31.4 Å². The van der Waals surface area contributed by atoms with Gasteiger partial charge in [-0.3, -0.25) is 4.98 Å². The fraction of sp³-hybridized carbons (Fsp3) is 0.615. The zero-order chi connectivity index (χ0) is 12.1. The molecule has 0 saturated carbocycles. The molecule has 1 saturated heterocycles. The molecule has 1 fully saturated rings. The normalized spacial score (nSPS) is 22.1. The Balaban J connectivity index is 2.21. The predicted octanol–water partition coefficient (Wildman–Crippen LogP) is 1.92. The Bertz CT molecular complexity index is 351. The number of nitrogens with one attached hydrogen (secondary N) is 1. The van der Waals surface area contributed by atoms with Crippen LogP contribution in [-0.2, 0) is 4.74 Å². The van der Waals surface area contributed by atoms with Gasteiger partial charge >= 0.3 is 0 Å². The predicted molar refractivity (Wildman–Crippen MR) is 66.2 cm³/mol. The molecule has 1 N–H and O–H groups in total. The van der Waals surface area contributed by atoms with E-state index in [1.54, 1.807) is 13.3 Å². The highest BCUT2D eigenvalue weighted by atomic mass is 16.5. The van der Waals surface area contributed by atoms with Crippen molar-refractivity contribution < 1.29 is 9.47 Å². The highest BCUT2D eigenvalue weighted by Gasteiger charge is 2.27. The third kappa shape index (κ3) is 2.76. The van der Waals surface area contributed by atoms with E-state index < -0.39 is 0 Å². The molecule has 1 aliphatic rings. The monoisotopic (exact) mass is 236 g/mol. The summed E-state index contributed by atoms with van der Waals surface area (Å²) in [6.07, 6.45) is 5.44. The molecule has 0 aliphatic carbocycles. The number of likely N-dealkylation sites (N-methyl/N-ethyl adjacent to an activating group) is 1. The number of pyridine rings is 1. The molecule has 17 heavy (non-hydrogen) atoms. The van der Waals surface area contributed by atoms with Crippen LogP contribution in [0.4, 0.5) is 0 Å². The first-order valence-electron chi connectivity index (χ1n) is 6.14.